The van der Waals surface area contributed by atoms with Crippen molar-refractivity contribution in [1.82, 2.24) is 4.57 Å². The molecule has 0 unspecified atom stereocenters. The SMILES string of the molecule is c1cc(-c2cccc(-n3c4ccccc4c4ccccc43)c2)cc(-c2cccc3c2oc2sc4ccccc4c23)c1. The molecule has 3 heteroatoms. The third kappa shape index (κ3) is 3.36. The third-order valence-electron chi connectivity index (χ3n) is 8.23. The van der Waals surface area contributed by atoms with Crippen LogP contribution in [0.5, 0.6) is 0 Å². The van der Waals surface area contributed by atoms with Crippen molar-refractivity contribution in [1.29, 1.82) is 0 Å². The van der Waals surface area contributed by atoms with Crippen LogP contribution in [0.1, 0.15) is 0 Å². The molecule has 2 nitrogen and oxygen atoms in total. The molecule has 0 aliphatic carbocycles. The van der Waals surface area contributed by atoms with Crippen LogP contribution in [0.25, 0.3) is 81.1 Å². The van der Waals surface area contributed by atoms with Crippen molar-refractivity contribution in [3.63, 3.8) is 0 Å². The number of para-hydroxylation sites is 3. The minimum absolute atomic E-state index is 0.954. The van der Waals surface area contributed by atoms with Gasteiger partial charge in [0.05, 0.1) is 11.0 Å². The van der Waals surface area contributed by atoms with E-state index in [9.17, 15) is 0 Å². The Balaban J connectivity index is 1.19. The molecular formula is C38H23NOS. The molecule has 0 aliphatic rings. The Morgan fingerprint density at radius 1 is 0.488 bits per heavy atom. The number of thiophene rings is 1. The molecule has 3 heterocycles. The quantitative estimate of drug-likeness (QED) is 0.217. The van der Waals surface area contributed by atoms with Crippen LogP contribution in [0.3, 0.4) is 0 Å². The molecule has 0 saturated carbocycles. The topological polar surface area (TPSA) is 18.1 Å². The summed E-state index contributed by atoms with van der Waals surface area (Å²) in [5.74, 6) is 0. The number of nitrogens with zero attached hydrogens (tertiary/aromatic N) is 1. The van der Waals surface area contributed by atoms with Gasteiger partial charge in [-0.1, -0.05) is 114 Å². The maximum atomic E-state index is 6.53. The molecule has 0 bridgehead atoms. The Labute approximate surface area is 240 Å². The molecule has 0 atom stereocenters. The van der Waals surface area contributed by atoms with E-state index in [4.69, 9.17) is 4.42 Å². The zero-order chi connectivity index (χ0) is 26.9. The Morgan fingerprint density at radius 3 is 1.90 bits per heavy atom. The second-order valence-corrected chi connectivity index (χ2v) is 11.6. The molecule has 0 spiro atoms. The second-order valence-electron chi connectivity index (χ2n) is 10.5. The van der Waals surface area contributed by atoms with Gasteiger partial charge in [0, 0.05) is 42.9 Å². The van der Waals surface area contributed by atoms with Crippen LogP contribution >= 0.6 is 11.3 Å². The summed E-state index contributed by atoms with van der Waals surface area (Å²) in [5, 5.41) is 6.20. The number of rotatable bonds is 3. The van der Waals surface area contributed by atoms with Gasteiger partial charge in [-0.05, 0) is 53.1 Å². The zero-order valence-corrected chi connectivity index (χ0v) is 22.9. The molecule has 3 aromatic heterocycles. The lowest BCUT2D eigenvalue weighted by Crippen LogP contribution is -1.94. The van der Waals surface area contributed by atoms with E-state index < -0.39 is 0 Å². The van der Waals surface area contributed by atoms with Crippen LogP contribution < -0.4 is 0 Å². The number of fused-ring (bicyclic) bond motifs is 8. The summed E-state index contributed by atoms with van der Waals surface area (Å²) in [6.07, 6.45) is 0. The number of hydrogen-bond donors (Lipinski definition) is 0. The van der Waals surface area contributed by atoms with Crippen LogP contribution in [0.4, 0.5) is 0 Å². The first-order valence-corrected chi connectivity index (χ1v) is 14.7. The molecule has 0 fully saturated rings. The fourth-order valence-corrected chi connectivity index (χ4v) is 7.48. The van der Waals surface area contributed by atoms with Crippen molar-refractivity contribution >= 4 is 64.5 Å². The molecule has 9 aromatic rings. The molecule has 9 rings (SSSR count). The van der Waals surface area contributed by atoms with Gasteiger partial charge in [-0.25, -0.2) is 0 Å². The third-order valence-corrected chi connectivity index (χ3v) is 9.28. The van der Waals surface area contributed by atoms with E-state index in [1.165, 1.54) is 53.8 Å². The standard InChI is InChI=1S/C38H23NOS/c1-4-19-33-29(14-1)30-15-2-5-20-34(30)39(33)27-13-8-11-25(23-27)24-10-7-12-26(22-24)28-17-9-18-32-36-31-16-3-6-21-35(31)41-38(36)40-37(28)32/h1-23H. The second kappa shape index (κ2) is 8.69. The molecular weight excluding hydrogens is 518 g/mol. The highest BCUT2D eigenvalue weighted by Gasteiger charge is 2.17. The fourth-order valence-electron chi connectivity index (χ4n) is 6.41. The van der Waals surface area contributed by atoms with Crippen LogP contribution in [-0.2, 0) is 0 Å². The highest BCUT2D eigenvalue weighted by Crippen LogP contribution is 2.44. The fraction of sp³-hybridized carbons (Fsp3) is 0. The normalized spacial score (nSPS) is 11.9. The van der Waals surface area contributed by atoms with E-state index >= 15 is 0 Å². The highest BCUT2D eigenvalue weighted by molar-refractivity contribution is 7.25. The number of hydrogen-bond acceptors (Lipinski definition) is 2. The van der Waals surface area contributed by atoms with E-state index in [1.54, 1.807) is 11.3 Å². The summed E-state index contributed by atoms with van der Waals surface area (Å²) in [4.78, 5) is 0.990. The van der Waals surface area contributed by atoms with E-state index in [-0.39, 0.29) is 0 Å². The first-order chi connectivity index (χ1) is 20.3. The van der Waals surface area contributed by atoms with Gasteiger partial charge in [-0.3, -0.25) is 0 Å². The molecule has 41 heavy (non-hydrogen) atoms. The van der Waals surface area contributed by atoms with Crippen molar-refractivity contribution in [3.05, 3.63) is 140 Å². The lowest BCUT2D eigenvalue weighted by atomic mass is 9.97. The maximum absolute atomic E-state index is 6.53. The lowest BCUT2D eigenvalue weighted by molar-refractivity contribution is 0.679. The van der Waals surface area contributed by atoms with Gasteiger partial charge < -0.3 is 8.98 Å². The minimum Gasteiger partial charge on any atom is -0.445 e. The van der Waals surface area contributed by atoms with Crippen LogP contribution in [0, 0.1) is 0 Å². The van der Waals surface area contributed by atoms with Gasteiger partial charge in [0.15, 0.2) is 4.90 Å². The molecule has 192 valence electrons. The molecule has 0 aliphatic heterocycles. The predicted octanol–water partition coefficient (Wildman–Crippen LogP) is 11.2. The van der Waals surface area contributed by atoms with Gasteiger partial charge in [0.25, 0.3) is 0 Å². The van der Waals surface area contributed by atoms with E-state index in [0.717, 1.165) is 27.3 Å². The van der Waals surface area contributed by atoms with E-state index in [2.05, 4.69) is 144 Å². The number of benzene rings is 6. The number of aromatic nitrogens is 1. The molecule has 0 amide bonds. The average molecular weight is 542 g/mol. The highest BCUT2D eigenvalue weighted by atomic mass is 32.1. The first kappa shape index (κ1) is 22.7. The summed E-state index contributed by atoms with van der Waals surface area (Å²) >= 11 is 1.72. The summed E-state index contributed by atoms with van der Waals surface area (Å²) in [5.41, 5.74) is 9.19. The summed E-state index contributed by atoms with van der Waals surface area (Å²) in [7, 11) is 0. The molecule has 0 N–H and O–H groups in total. The predicted molar refractivity (Wildman–Crippen MR) is 174 cm³/mol. The largest absolute Gasteiger partial charge is 0.445 e. The van der Waals surface area contributed by atoms with Crippen molar-refractivity contribution in [2.45, 2.75) is 0 Å². The summed E-state index contributed by atoms with van der Waals surface area (Å²) in [6.45, 7) is 0. The molecule has 0 saturated heterocycles. The Kier molecular flexibility index (Phi) is 4.80. The van der Waals surface area contributed by atoms with E-state index in [0.29, 0.717) is 0 Å². The number of furan rings is 1. The average Bonchev–Trinajstić information content (AvgIpc) is 3.69. The molecule has 0 radical (unpaired) electrons. The van der Waals surface area contributed by atoms with Crippen molar-refractivity contribution < 1.29 is 4.42 Å². The van der Waals surface area contributed by atoms with E-state index in [1.807, 2.05) is 0 Å². The summed E-state index contributed by atoms with van der Waals surface area (Å²) < 4.78 is 10.2. The first-order valence-electron chi connectivity index (χ1n) is 13.9. The summed E-state index contributed by atoms with van der Waals surface area (Å²) in [6, 6.07) is 50.1. The minimum atomic E-state index is 0.954. The van der Waals surface area contributed by atoms with Crippen molar-refractivity contribution in [2.24, 2.45) is 0 Å². The van der Waals surface area contributed by atoms with Crippen LogP contribution in [0.15, 0.2) is 144 Å². The monoisotopic (exact) mass is 541 g/mol. The van der Waals surface area contributed by atoms with Crippen LogP contribution in [0.2, 0.25) is 0 Å². The van der Waals surface area contributed by atoms with Gasteiger partial charge >= 0.3 is 0 Å². The Bertz CT molecular complexity index is 2380. The van der Waals surface area contributed by atoms with Crippen molar-refractivity contribution in [3.8, 4) is 27.9 Å². The van der Waals surface area contributed by atoms with Crippen LogP contribution in [-0.4, -0.2) is 4.57 Å². The molecule has 6 aromatic carbocycles. The van der Waals surface area contributed by atoms with Gasteiger partial charge in [0.2, 0.25) is 0 Å². The smallest absolute Gasteiger partial charge is 0.190 e. The van der Waals surface area contributed by atoms with Crippen molar-refractivity contribution in [2.75, 3.05) is 0 Å². The Morgan fingerprint density at radius 2 is 1.10 bits per heavy atom. The Hall–Kier alpha value is -5.12. The van der Waals surface area contributed by atoms with Gasteiger partial charge in [0.1, 0.15) is 5.58 Å². The lowest BCUT2D eigenvalue weighted by Gasteiger charge is -2.11. The van der Waals surface area contributed by atoms with Gasteiger partial charge in [-0.15, -0.1) is 0 Å². The van der Waals surface area contributed by atoms with Gasteiger partial charge in [-0.2, -0.15) is 0 Å². The maximum Gasteiger partial charge on any atom is 0.190 e. The zero-order valence-electron chi connectivity index (χ0n) is 22.0.